The maximum Gasteiger partial charge on any atom is 0.357 e. The van der Waals surface area contributed by atoms with Crippen molar-refractivity contribution in [2.75, 3.05) is 20.8 Å². The number of allylic oxidation sites excluding steroid dienone is 3. The van der Waals surface area contributed by atoms with Gasteiger partial charge in [0.05, 0.1) is 47.6 Å². The molecule has 0 radical (unpaired) electrons. The van der Waals surface area contributed by atoms with Crippen LogP contribution in [-0.2, 0) is 28.6 Å². The average Bonchev–Trinajstić information content (AvgIpc) is 0.951. The molecule has 3 fully saturated rings. The third-order valence-electron chi connectivity index (χ3n) is 20.1. The van der Waals surface area contributed by atoms with Crippen LogP contribution in [0, 0.1) is 46.8 Å². The molecule has 6 aromatic heterocycles. The number of hydrogen-bond acceptors (Lipinski definition) is 27. The Morgan fingerprint density at radius 1 is 0.465 bits per heavy atom. The van der Waals surface area contributed by atoms with E-state index in [-0.39, 0.29) is 86.5 Å². The van der Waals surface area contributed by atoms with E-state index in [0.29, 0.717) is 155 Å². The van der Waals surface area contributed by atoms with E-state index < -0.39 is 93.1 Å². The van der Waals surface area contributed by atoms with Gasteiger partial charge in [-0.15, -0.1) is 34.0 Å². The number of rotatable bonds is 19. The number of hydrogen-bond donors (Lipinski definition) is 6. The standard InChI is InChI=1S/C26H23ClF2N4O5S.C25H21ClF2N4O5S.C25H22ClFN4O5S/c1-2-37-26(36)17-20(12-3-5-13(6-4-12)23-31-16(11-38-23)25(34)35)32-22(24-30-9-10-39-24)33-21(17)14-7-8-15(28)19(29)18(14)27;1-36-25(35)16-19(11-2-4-12(5-3-11)22-30-15(10-37-22)24(33)34)31-21(23-29-8-9-38-23)32-20(16)13-6-7-14(27)18(28)17(13)26;1-35-25(34)18-19(12-2-4-13(5-3-12)22-29-17(11-36-22)24(32)33)30-21(23-28-8-9-37-23)31-20(18)15-7-6-14(27)10-16(15)26/h7-13,21H,2-6H2,1H3,(H,32,33)(H,34,35);6-12,20H,2-5H2,1H3,(H,31,32)(H,33,34);6-13,20H,2-5H2,1H3,(H,30,31)(H,32,33). The fourth-order valence-electron chi connectivity index (χ4n) is 14.6. The molecule has 114 heavy (non-hydrogen) atoms. The van der Waals surface area contributed by atoms with Crippen molar-refractivity contribution in [2.24, 2.45) is 32.7 Å². The highest BCUT2D eigenvalue weighted by Crippen LogP contribution is 2.49. The fourth-order valence-corrected chi connectivity index (χ4v) is 17.2. The number of nitrogens with zero attached hydrogens (tertiary/aromatic N) is 9. The smallest absolute Gasteiger partial charge is 0.357 e. The molecule has 9 aromatic rings. The number of aliphatic imine (C=N–C) groups is 3. The van der Waals surface area contributed by atoms with Crippen molar-refractivity contribution in [1.82, 2.24) is 45.9 Å². The van der Waals surface area contributed by atoms with Gasteiger partial charge in [-0.2, -0.15) is 0 Å². The highest BCUT2D eigenvalue weighted by molar-refractivity contribution is 7.12. The van der Waals surface area contributed by atoms with E-state index in [1.165, 1.54) is 78.6 Å². The summed E-state index contributed by atoms with van der Waals surface area (Å²) in [7, 11) is 2.53. The van der Waals surface area contributed by atoms with Crippen LogP contribution in [0.2, 0.25) is 15.1 Å². The molecule has 9 heterocycles. The quantitative estimate of drug-likeness (QED) is 0.0189. The Bertz CT molecular complexity index is 5340. The summed E-state index contributed by atoms with van der Waals surface area (Å²) < 4.78 is 102. The van der Waals surface area contributed by atoms with Gasteiger partial charge in [0.15, 0.2) is 90.6 Å². The molecule has 3 saturated carbocycles. The Balaban J connectivity index is 0.000000149. The van der Waals surface area contributed by atoms with E-state index in [1.54, 1.807) is 36.3 Å². The van der Waals surface area contributed by atoms with E-state index >= 15 is 0 Å². The van der Waals surface area contributed by atoms with E-state index in [2.05, 4.69) is 55.8 Å². The van der Waals surface area contributed by atoms with Crippen LogP contribution in [0.5, 0.6) is 0 Å². The van der Waals surface area contributed by atoms with Gasteiger partial charge in [-0.1, -0.05) is 53.0 Å². The van der Waals surface area contributed by atoms with Crippen LogP contribution in [0.25, 0.3) is 0 Å². The van der Waals surface area contributed by atoms with Crippen molar-refractivity contribution in [3.63, 3.8) is 0 Å². The second-order valence-electron chi connectivity index (χ2n) is 26.7. The predicted molar refractivity (Wildman–Crippen MR) is 404 cm³/mol. The molecule has 0 spiro atoms. The summed E-state index contributed by atoms with van der Waals surface area (Å²) in [6, 6.07) is 5.56. The van der Waals surface area contributed by atoms with Crippen molar-refractivity contribution < 1.29 is 93.5 Å². The normalized spacial score (nSPS) is 21.6. The summed E-state index contributed by atoms with van der Waals surface area (Å²) in [6.45, 7) is 1.77. The van der Waals surface area contributed by atoms with Gasteiger partial charge in [0.25, 0.3) is 0 Å². The van der Waals surface area contributed by atoms with Crippen molar-refractivity contribution >= 4 is 122 Å². The van der Waals surface area contributed by atoms with Crippen LogP contribution in [0.15, 0.2) is 158 Å². The van der Waals surface area contributed by atoms with Crippen LogP contribution in [0.3, 0.4) is 0 Å². The lowest BCUT2D eigenvalue weighted by Crippen LogP contribution is -2.38. The molecule has 0 amide bonds. The molecule has 27 nitrogen and oxygen atoms in total. The lowest BCUT2D eigenvalue weighted by atomic mass is 9.78. The Kier molecular flexibility index (Phi) is 25.4. The molecule has 6 aliphatic rings. The first-order valence-electron chi connectivity index (χ1n) is 35.5. The molecular formula is C76H66Cl3F5N12O15S3. The number of aromatic nitrogens is 6. The zero-order chi connectivity index (χ0) is 80.8. The summed E-state index contributed by atoms with van der Waals surface area (Å²) in [5.41, 5.74) is 2.68. The molecule has 6 N–H and O–H groups in total. The molecule has 594 valence electrons. The van der Waals surface area contributed by atoms with Crippen LogP contribution < -0.4 is 16.0 Å². The molecule has 0 saturated heterocycles. The number of benzene rings is 3. The van der Waals surface area contributed by atoms with Crippen LogP contribution in [0.4, 0.5) is 22.0 Å². The number of carbonyl (C=O) groups excluding carboxylic acids is 3. The Morgan fingerprint density at radius 3 is 1.07 bits per heavy atom. The SMILES string of the molecule is CCOC(=O)C1=C(C2CCC(c3nc(C(=O)O)co3)CC2)NC(c2nccs2)=NC1c1ccc(F)c(F)c1Cl.COC(=O)C1=C(C2CCC(c3nc(C(=O)O)co3)CC2)NC(c2nccs2)=NC1c1ccc(F)c(F)c1Cl.COC(=O)C1=C(C2CCC(c3nc(C(=O)O)co3)CC2)NC(c2nccs2)=NC1c1ccc(F)cc1Cl. The van der Waals surface area contributed by atoms with Crippen LogP contribution in [-0.4, -0.2) is 119 Å². The summed E-state index contributed by atoms with van der Waals surface area (Å²) in [6.07, 6.45) is 15.8. The maximum atomic E-state index is 14.5. The van der Waals surface area contributed by atoms with Gasteiger partial charge in [-0.25, -0.2) is 80.6 Å². The van der Waals surface area contributed by atoms with Gasteiger partial charge in [0.2, 0.25) is 0 Å². The van der Waals surface area contributed by atoms with Crippen LogP contribution >= 0.6 is 68.8 Å². The number of oxazole rings is 3. The molecule has 3 atom stereocenters. The Hall–Kier alpha value is -10.9. The predicted octanol–water partition coefficient (Wildman–Crippen LogP) is 16.0. The zero-order valence-corrected chi connectivity index (χ0v) is 64.9. The summed E-state index contributed by atoms with van der Waals surface area (Å²) >= 11 is 22.9. The first-order valence-corrected chi connectivity index (χ1v) is 39.3. The number of carboxylic acids is 3. The minimum atomic E-state index is -1.23. The lowest BCUT2D eigenvalue weighted by Gasteiger charge is -2.34. The number of carbonyl (C=O) groups is 6. The van der Waals surface area contributed by atoms with Gasteiger partial charge in [-0.3, -0.25) is 15.0 Å². The zero-order valence-electron chi connectivity index (χ0n) is 60.1. The largest absolute Gasteiger partial charge is 0.476 e. The van der Waals surface area contributed by atoms with Gasteiger partial charge >= 0.3 is 35.8 Å². The van der Waals surface area contributed by atoms with E-state index in [4.69, 9.17) is 82.6 Å². The number of amidine groups is 3. The van der Waals surface area contributed by atoms with Crippen molar-refractivity contribution in [3.05, 3.63) is 240 Å². The molecule has 3 unspecified atom stereocenters. The van der Waals surface area contributed by atoms with Gasteiger partial charge < -0.3 is 58.7 Å². The second-order valence-corrected chi connectivity index (χ2v) is 30.5. The molecular weight excluding hydrogens is 1620 g/mol. The van der Waals surface area contributed by atoms with Gasteiger partial charge in [0.1, 0.15) is 42.7 Å². The summed E-state index contributed by atoms with van der Waals surface area (Å²) in [5.74, 6) is -8.77. The van der Waals surface area contributed by atoms with E-state index in [1.807, 2.05) is 5.38 Å². The number of esters is 3. The minimum absolute atomic E-state index is 0.0374. The van der Waals surface area contributed by atoms with Gasteiger partial charge in [0, 0.05) is 91.3 Å². The first kappa shape index (κ1) is 81.2. The Labute approximate surface area is 671 Å². The first-order chi connectivity index (χ1) is 54.9. The number of halogens is 8. The Morgan fingerprint density at radius 2 is 0.781 bits per heavy atom. The lowest BCUT2D eigenvalue weighted by molar-refractivity contribution is -0.139. The fraction of sp³-hybridized carbons (Fsp3) is 0.329. The van der Waals surface area contributed by atoms with E-state index in [0.717, 1.165) is 30.9 Å². The minimum Gasteiger partial charge on any atom is -0.476 e. The second kappa shape index (κ2) is 35.7. The van der Waals surface area contributed by atoms with E-state index in [9.17, 15) is 50.7 Å². The average molecular weight is 1680 g/mol. The highest BCUT2D eigenvalue weighted by atomic mass is 35.5. The highest BCUT2D eigenvalue weighted by Gasteiger charge is 2.44. The molecule has 3 aliphatic heterocycles. The topological polar surface area (TPSA) is 381 Å². The monoisotopic (exact) mass is 1680 g/mol. The molecule has 3 aromatic carbocycles. The molecule has 0 bridgehead atoms. The molecule has 15 rings (SSSR count). The number of nitrogens with one attached hydrogen (secondary N) is 3. The summed E-state index contributed by atoms with van der Waals surface area (Å²) in [4.78, 5) is 113. The third-order valence-corrected chi connectivity index (χ3v) is 23.5. The van der Waals surface area contributed by atoms with Crippen molar-refractivity contribution in [1.29, 1.82) is 0 Å². The van der Waals surface area contributed by atoms with Crippen LogP contribution in [0.1, 0.15) is 201 Å². The summed E-state index contributed by atoms with van der Waals surface area (Å²) in [5, 5.41) is 43.6. The van der Waals surface area contributed by atoms with Gasteiger partial charge in [-0.05, 0) is 126 Å². The van der Waals surface area contributed by atoms with Crippen molar-refractivity contribution in [3.8, 4) is 0 Å². The molecule has 38 heteroatoms. The number of ether oxygens (including phenoxy) is 3. The third kappa shape index (κ3) is 17.4. The van der Waals surface area contributed by atoms with Crippen molar-refractivity contribution in [2.45, 2.75) is 120 Å². The number of carboxylic acid groups (broad SMARTS) is 3. The number of aromatic carboxylic acids is 3. The number of methoxy groups -OCH3 is 2. The molecule has 3 aliphatic carbocycles. The number of thiazole rings is 3. The maximum absolute atomic E-state index is 14.5.